The van der Waals surface area contributed by atoms with E-state index in [0.717, 1.165) is 24.0 Å². The van der Waals surface area contributed by atoms with E-state index in [-0.39, 0.29) is 17.5 Å². The molecule has 1 amide bonds. The molecule has 3 aromatic rings. The number of nitrogens with one attached hydrogen (secondary N) is 1. The third-order valence-electron chi connectivity index (χ3n) is 5.38. The summed E-state index contributed by atoms with van der Waals surface area (Å²) in [6.45, 7) is 3.69. The fourth-order valence-corrected chi connectivity index (χ4v) is 3.76. The lowest BCUT2D eigenvalue weighted by atomic mass is 10.1. The molecule has 0 spiro atoms. The largest absolute Gasteiger partial charge is 0.381 e. The maximum atomic E-state index is 12.9. The van der Waals surface area contributed by atoms with Gasteiger partial charge in [0, 0.05) is 56.4 Å². The molecule has 4 rings (SSSR count). The Morgan fingerprint density at radius 2 is 1.93 bits per heavy atom. The molecular weight excluding hydrogens is 380 g/mol. The first-order chi connectivity index (χ1) is 14.5. The van der Waals surface area contributed by atoms with Gasteiger partial charge < -0.3 is 19.2 Å². The molecule has 156 valence electrons. The summed E-state index contributed by atoms with van der Waals surface area (Å²) in [6, 6.07) is 12.0. The topological polar surface area (TPSA) is 78.2 Å². The second-order valence-corrected chi connectivity index (χ2v) is 7.75. The highest BCUT2D eigenvalue weighted by Crippen LogP contribution is 2.21. The predicted octanol–water partition coefficient (Wildman–Crippen LogP) is 2.51. The molecule has 2 aromatic heterocycles. The number of hydrogen-bond acceptors (Lipinski definition) is 4. The van der Waals surface area contributed by atoms with Gasteiger partial charge in [0.25, 0.3) is 11.5 Å². The van der Waals surface area contributed by atoms with Crippen molar-refractivity contribution in [2.75, 3.05) is 13.2 Å². The van der Waals surface area contributed by atoms with Gasteiger partial charge in [0.05, 0.1) is 0 Å². The first kappa shape index (κ1) is 20.1. The lowest BCUT2D eigenvalue weighted by Gasteiger charge is -2.22. The van der Waals surface area contributed by atoms with E-state index < -0.39 is 0 Å². The normalized spacial score (nSPS) is 14.6. The maximum Gasteiger partial charge on any atom is 0.271 e. The molecule has 0 atom stereocenters. The van der Waals surface area contributed by atoms with E-state index in [9.17, 15) is 9.59 Å². The second-order valence-electron chi connectivity index (χ2n) is 7.75. The van der Waals surface area contributed by atoms with E-state index in [4.69, 9.17) is 4.74 Å². The number of hydrogen-bond donors (Lipinski definition) is 1. The maximum absolute atomic E-state index is 12.9. The Hall–Kier alpha value is -3.19. The van der Waals surface area contributed by atoms with Crippen molar-refractivity contribution >= 4 is 5.91 Å². The molecule has 0 unspecified atom stereocenters. The average molecular weight is 406 g/mol. The summed E-state index contributed by atoms with van der Waals surface area (Å²) in [5, 5.41) is 3.07. The molecule has 1 saturated heterocycles. The van der Waals surface area contributed by atoms with E-state index in [1.807, 2.05) is 41.0 Å². The van der Waals surface area contributed by atoms with E-state index in [1.165, 1.54) is 0 Å². The van der Waals surface area contributed by atoms with Crippen molar-refractivity contribution in [2.45, 2.75) is 32.4 Å². The van der Waals surface area contributed by atoms with Crippen LogP contribution in [0, 0.1) is 6.92 Å². The highest BCUT2D eigenvalue weighted by atomic mass is 16.5. The van der Waals surface area contributed by atoms with Crippen molar-refractivity contribution in [3.05, 3.63) is 76.0 Å². The molecule has 0 bridgehead atoms. The number of aryl methyl sites for hydroxylation is 2. The number of rotatable bonds is 5. The van der Waals surface area contributed by atoms with Gasteiger partial charge in [-0.2, -0.15) is 0 Å². The third-order valence-corrected chi connectivity index (χ3v) is 5.38. The minimum absolute atomic E-state index is 0.0441. The van der Waals surface area contributed by atoms with E-state index >= 15 is 0 Å². The number of carbonyl (C=O) groups excluding carboxylic acids is 1. The van der Waals surface area contributed by atoms with Crippen molar-refractivity contribution in [2.24, 2.45) is 7.05 Å². The van der Waals surface area contributed by atoms with Crippen molar-refractivity contribution < 1.29 is 9.53 Å². The zero-order valence-corrected chi connectivity index (χ0v) is 17.3. The van der Waals surface area contributed by atoms with E-state index in [0.29, 0.717) is 36.8 Å². The van der Waals surface area contributed by atoms with Crippen LogP contribution >= 0.6 is 0 Å². The van der Waals surface area contributed by atoms with Gasteiger partial charge >= 0.3 is 0 Å². The quantitative estimate of drug-likeness (QED) is 0.706. The van der Waals surface area contributed by atoms with Gasteiger partial charge in [0.2, 0.25) is 0 Å². The van der Waals surface area contributed by atoms with E-state index in [2.05, 4.69) is 10.3 Å². The fourth-order valence-electron chi connectivity index (χ4n) is 3.76. The summed E-state index contributed by atoms with van der Waals surface area (Å²) in [7, 11) is 1.72. The summed E-state index contributed by atoms with van der Waals surface area (Å²) >= 11 is 0. The van der Waals surface area contributed by atoms with Gasteiger partial charge in [-0.25, -0.2) is 4.98 Å². The Bertz CT molecular complexity index is 1070. The summed E-state index contributed by atoms with van der Waals surface area (Å²) in [6.07, 6.45) is 5.17. The van der Waals surface area contributed by atoms with Gasteiger partial charge in [0.1, 0.15) is 11.5 Å². The highest BCUT2D eigenvalue weighted by molar-refractivity contribution is 5.93. The second kappa shape index (κ2) is 8.67. The number of nitrogens with zero attached hydrogens (tertiary/aromatic N) is 3. The zero-order chi connectivity index (χ0) is 21.1. The third kappa shape index (κ3) is 4.36. The van der Waals surface area contributed by atoms with E-state index in [1.54, 1.807) is 30.9 Å². The molecule has 1 N–H and O–H groups in total. The molecule has 30 heavy (non-hydrogen) atoms. The minimum Gasteiger partial charge on any atom is -0.381 e. The van der Waals surface area contributed by atoms with Crippen LogP contribution in [0.25, 0.3) is 11.4 Å². The van der Waals surface area contributed by atoms with Crippen molar-refractivity contribution in [1.29, 1.82) is 0 Å². The molecular formula is C23H26N4O3. The first-order valence-corrected chi connectivity index (χ1v) is 10.2. The smallest absolute Gasteiger partial charge is 0.271 e. The lowest BCUT2D eigenvalue weighted by molar-refractivity contribution is 0.0694. The summed E-state index contributed by atoms with van der Waals surface area (Å²) in [5.41, 5.74) is 2.87. The molecule has 1 aliphatic rings. The first-order valence-electron chi connectivity index (χ1n) is 10.2. The highest BCUT2D eigenvalue weighted by Gasteiger charge is 2.21. The number of ether oxygens (including phenoxy) is 1. The number of pyridine rings is 1. The SMILES string of the molecule is Cc1cc(-c2nc(C(=O)NC3CCOCC3)cn2Cc2ccccc2)cn(C)c1=O. The predicted molar refractivity (Wildman–Crippen MR) is 114 cm³/mol. The summed E-state index contributed by atoms with van der Waals surface area (Å²) < 4.78 is 8.88. The lowest BCUT2D eigenvalue weighted by Crippen LogP contribution is -2.39. The minimum atomic E-state index is -0.184. The Morgan fingerprint density at radius 3 is 2.63 bits per heavy atom. The number of amides is 1. The standard InChI is InChI=1S/C23H26N4O3/c1-16-12-18(14-26(2)23(16)29)21-25-20(22(28)24-19-8-10-30-11-9-19)15-27(21)13-17-6-4-3-5-7-17/h3-7,12,14-15,19H,8-11,13H2,1-2H3,(H,24,28). The summed E-state index contributed by atoms with van der Waals surface area (Å²) in [4.78, 5) is 29.6. The Kier molecular flexibility index (Phi) is 5.81. The van der Waals surface area contributed by atoms with Crippen LogP contribution in [0.3, 0.4) is 0 Å². The Balaban J connectivity index is 1.69. The monoisotopic (exact) mass is 406 g/mol. The van der Waals surface area contributed by atoms with Crippen LogP contribution in [0.2, 0.25) is 0 Å². The van der Waals surface area contributed by atoms with Crippen molar-refractivity contribution in [3.8, 4) is 11.4 Å². The van der Waals surface area contributed by atoms with Gasteiger partial charge in [-0.15, -0.1) is 0 Å². The van der Waals surface area contributed by atoms with Crippen LogP contribution in [-0.2, 0) is 18.3 Å². The van der Waals surface area contributed by atoms with Gasteiger partial charge in [0.15, 0.2) is 0 Å². The number of carbonyl (C=O) groups is 1. The Morgan fingerprint density at radius 1 is 1.20 bits per heavy atom. The molecule has 3 heterocycles. The van der Waals surface area contributed by atoms with Crippen LogP contribution in [-0.4, -0.2) is 39.3 Å². The molecule has 7 heteroatoms. The van der Waals surface area contributed by atoms with Gasteiger partial charge in [-0.3, -0.25) is 9.59 Å². The molecule has 7 nitrogen and oxygen atoms in total. The van der Waals surface area contributed by atoms with Crippen LogP contribution in [0.5, 0.6) is 0 Å². The van der Waals surface area contributed by atoms with Crippen LogP contribution in [0.4, 0.5) is 0 Å². The van der Waals surface area contributed by atoms with Crippen LogP contribution < -0.4 is 10.9 Å². The molecule has 1 aliphatic heterocycles. The number of imidazole rings is 1. The number of benzene rings is 1. The van der Waals surface area contributed by atoms with Crippen LogP contribution in [0.15, 0.2) is 53.6 Å². The van der Waals surface area contributed by atoms with Gasteiger partial charge in [-0.1, -0.05) is 30.3 Å². The summed E-state index contributed by atoms with van der Waals surface area (Å²) in [5.74, 6) is 0.478. The fraction of sp³-hybridized carbons (Fsp3) is 0.348. The Labute approximate surface area is 175 Å². The van der Waals surface area contributed by atoms with Crippen molar-refractivity contribution in [3.63, 3.8) is 0 Å². The average Bonchev–Trinajstić information content (AvgIpc) is 3.17. The number of aromatic nitrogens is 3. The molecule has 1 aromatic carbocycles. The van der Waals surface area contributed by atoms with Gasteiger partial charge in [-0.05, 0) is 31.4 Å². The molecule has 0 radical (unpaired) electrons. The molecule has 0 aliphatic carbocycles. The van der Waals surface area contributed by atoms with Crippen LogP contribution in [0.1, 0.15) is 34.5 Å². The molecule has 1 fully saturated rings. The molecule has 0 saturated carbocycles. The zero-order valence-electron chi connectivity index (χ0n) is 17.3. The van der Waals surface area contributed by atoms with Crippen molar-refractivity contribution in [1.82, 2.24) is 19.4 Å².